The van der Waals surface area contributed by atoms with Crippen LogP contribution in [0, 0.1) is 0 Å². The first-order valence-corrected chi connectivity index (χ1v) is 35.4. The van der Waals surface area contributed by atoms with Crippen molar-refractivity contribution in [1.82, 2.24) is 0 Å². The fourth-order valence-corrected chi connectivity index (χ4v) is 14.1. The van der Waals surface area contributed by atoms with E-state index >= 15 is 0 Å². The summed E-state index contributed by atoms with van der Waals surface area (Å²) in [5.41, 5.74) is 0. The third-order valence-electron chi connectivity index (χ3n) is 15.2. The van der Waals surface area contributed by atoms with Crippen LogP contribution >= 0.6 is 0 Å². The van der Waals surface area contributed by atoms with E-state index in [1.165, 1.54) is 14.0 Å². The number of aliphatic hydroxyl groups excluding tert-OH is 8. The normalized spacial score (nSPS) is 43.0. The Morgan fingerprint density at radius 2 is 0.702 bits per heavy atom. The maximum atomic E-state index is 11.4. The SMILES string of the molecule is COC1C(O)C(CO)OC(OC2C(COS(=O)(=O)O)OC(C)C(OS(=O)(=O)O)C2O)C1OS(=O)(=O)O.COC1C(O)C(OC2C3CO[C@@H]2C(O)C(C)O3)OC(CO)C1OS(=O)(=O)O.COC1C(O)C(OC2C3CO[C@@H]2C(OS(=O)(=O)O)C(C)O3)OC(CO)C1OS(=O)(=O)O. The van der Waals surface area contributed by atoms with Gasteiger partial charge in [-0.2, -0.15) is 50.5 Å². The molecule has 0 amide bonds. The van der Waals surface area contributed by atoms with E-state index in [0.717, 1.165) is 21.1 Å². The summed E-state index contributed by atoms with van der Waals surface area (Å²) in [5.74, 6) is 0. The van der Waals surface area contributed by atoms with Gasteiger partial charge in [-0.3, -0.25) is 27.3 Å². The van der Waals surface area contributed by atoms with Crippen LogP contribution in [0.3, 0.4) is 0 Å². The van der Waals surface area contributed by atoms with E-state index in [4.69, 9.17) is 93.6 Å². The van der Waals surface area contributed by atoms with E-state index in [2.05, 4.69) is 25.1 Å². The van der Waals surface area contributed by atoms with Crippen molar-refractivity contribution in [2.24, 2.45) is 0 Å². The molecule has 4 bridgehead atoms. The Balaban J connectivity index is 0.000000226. The topological polar surface area (TPSA) is 673 Å². The lowest BCUT2D eigenvalue weighted by molar-refractivity contribution is -0.337. The van der Waals surface area contributed by atoms with Crippen molar-refractivity contribution in [2.75, 3.05) is 61.0 Å². The number of fused-ring (bicyclic) bond motifs is 4. The molecule has 30 atom stereocenters. The van der Waals surface area contributed by atoms with Crippen LogP contribution in [-0.4, -0.2) is 363 Å². The monoisotopic (exact) mass is 1510 g/mol. The van der Waals surface area contributed by atoms with Crippen LogP contribution in [0.5, 0.6) is 0 Å². The van der Waals surface area contributed by atoms with Crippen molar-refractivity contribution >= 4 is 62.4 Å². The van der Waals surface area contributed by atoms with E-state index in [1.807, 2.05) is 0 Å². The van der Waals surface area contributed by atoms with Crippen molar-refractivity contribution in [2.45, 2.75) is 204 Å². The van der Waals surface area contributed by atoms with E-state index < -0.39 is 272 Å². The lowest BCUT2D eigenvalue weighted by Gasteiger charge is -2.47. The van der Waals surface area contributed by atoms with Gasteiger partial charge in [0.15, 0.2) is 25.0 Å². The Morgan fingerprint density at radius 3 is 1.13 bits per heavy atom. The Kier molecular flexibility index (Phi) is 28.5. The minimum absolute atomic E-state index is 0.0144. The van der Waals surface area contributed by atoms with Crippen LogP contribution in [0.2, 0.25) is 0 Å². The molecular weight excluding hydrogens is 1430 g/mol. The molecule has 0 radical (unpaired) electrons. The van der Waals surface area contributed by atoms with Gasteiger partial charge in [0.25, 0.3) is 0 Å². The first-order chi connectivity index (χ1) is 43.4. The molecule has 8 heterocycles. The van der Waals surface area contributed by atoms with Gasteiger partial charge < -0.3 is 107 Å². The highest BCUT2D eigenvalue weighted by Crippen LogP contribution is 2.40. The molecule has 554 valence electrons. The van der Waals surface area contributed by atoms with E-state index in [1.54, 1.807) is 6.92 Å². The molecular formula is C42H74O46S6. The van der Waals surface area contributed by atoms with Crippen molar-refractivity contribution < 1.29 is 210 Å². The van der Waals surface area contributed by atoms with Gasteiger partial charge in [0, 0.05) is 21.3 Å². The quantitative estimate of drug-likeness (QED) is 0.0378. The fourth-order valence-electron chi connectivity index (χ4n) is 11.2. The molecule has 8 rings (SSSR count). The summed E-state index contributed by atoms with van der Waals surface area (Å²) in [6, 6.07) is 0. The predicted octanol–water partition coefficient (Wildman–Crippen LogP) is -9.97. The Bertz CT molecular complexity index is 3130. The molecule has 8 aliphatic rings. The lowest BCUT2D eigenvalue weighted by atomic mass is 9.95. The number of methoxy groups -OCH3 is 3. The second-order valence-electron chi connectivity index (χ2n) is 21.4. The van der Waals surface area contributed by atoms with Crippen LogP contribution in [0.4, 0.5) is 0 Å². The van der Waals surface area contributed by atoms with Gasteiger partial charge in [-0.15, -0.1) is 0 Å². The molecule has 0 spiro atoms. The average molecular weight is 1510 g/mol. The molecule has 46 nitrogen and oxygen atoms in total. The minimum atomic E-state index is -5.27. The highest BCUT2D eigenvalue weighted by atomic mass is 32.3. The molecule has 94 heavy (non-hydrogen) atoms. The number of hydrogen-bond donors (Lipinski definition) is 14. The zero-order chi connectivity index (χ0) is 70.7. The van der Waals surface area contributed by atoms with Crippen LogP contribution in [-0.2, 0) is 154 Å². The van der Waals surface area contributed by atoms with Crippen LogP contribution in [0.1, 0.15) is 20.8 Å². The Morgan fingerprint density at radius 1 is 0.340 bits per heavy atom. The summed E-state index contributed by atoms with van der Waals surface area (Å²) in [6.07, 6.45) is -40.8. The summed E-state index contributed by atoms with van der Waals surface area (Å²) >= 11 is 0. The van der Waals surface area contributed by atoms with Crippen LogP contribution < -0.4 is 0 Å². The standard InChI is InChI=1S/C14H26O19S3.C14H24O15S2.C14H24O12S/c1-5-10(32-35(21,22)23)9(17)11(7(29-5)4-28-34(18,19)20)31-14-13(33-36(24,25)26)12(27-2)8(16)6(3-15)30-14;1-5-9(28-30(17,18)19)13-10(7(25-5)4-24-13)27-14-8(16)12(23-2)11(6(3-15)26-14)29-31(20,21)22;1-5-8(16)13-10(7(23-5)4-22-13)25-14-9(17)12(21-2)11(6(3-15)24-14)26-27(18,19)20/h5-17H,3-4H2,1-2H3,(H,18,19,20)(H,21,22,23)(H,24,25,26);5-16H,3-4H2,1-2H3,(H,17,18,19)(H,20,21,22);5-17H,3-4H2,1-2H3,(H,18,19,20)/t;2*5?,6?,7?,8?,9?,10?,11?,12?,13-,14?/m.11/s1. The molecule has 0 aliphatic carbocycles. The zero-order valence-electron chi connectivity index (χ0n) is 49.3. The highest BCUT2D eigenvalue weighted by molar-refractivity contribution is 7.82. The number of ether oxygens (including phenoxy) is 14. The maximum absolute atomic E-state index is 11.4. The fraction of sp³-hybridized carbons (Fsp3) is 1.00. The first kappa shape index (κ1) is 81.3. The molecule has 8 aliphatic heterocycles. The lowest BCUT2D eigenvalue weighted by Crippen LogP contribution is -2.65. The molecule has 28 unspecified atom stereocenters. The van der Waals surface area contributed by atoms with Crippen molar-refractivity contribution in [3.8, 4) is 0 Å². The van der Waals surface area contributed by atoms with Gasteiger partial charge in [0.2, 0.25) is 0 Å². The highest BCUT2D eigenvalue weighted by Gasteiger charge is 2.59. The summed E-state index contributed by atoms with van der Waals surface area (Å²) in [5, 5.41) is 80.8. The first-order valence-electron chi connectivity index (χ1n) is 27.2. The van der Waals surface area contributed by atoms with Gasteiger partial charge in [-0.1, -0.05) is 0 Å². The summed E-state index contributed by atoms with van der Waals surface area (Å²) in [4.78, 5) is 0. The second kappa shape index (κ2) is 33.0. The molecule has 0 aromatic carbocycles. The molecule has 8 fully saturated rings. The summed E-state index contributed by atoms with van der Waals surface area (Å²) in [7, 11) is -26.9. The Labute approximate surface area is 535 Å². The third kappa shape index (κ3) is 21.5. The van der Waals surface area contributed by atoms with Gasteiger partial charge in [-0.25, -0.2) is 25.1 Å². The molecule has 8 saturated heterocycles. The van der Waals surface area contributed by atoms with Crippen LogP contribution in [0.25, 0.3) is 0 Å². The minimum Gasteiger partial charge on any atom is -0.394 e. The van der Waals surface area contributed by atoms with Crippen molar-refractivity contribution in [3.63, 3.8) is 0 Å². The van der Waals surface area contributed by atoms with Gasteiger partial charge in [-0.05, 0) is 20.8 Å². The number of rotatable bonds is 25. The molecule has 0 aromatic heterocycles. The number of aliphatic hydroxyl groups is 8. The van der Waals surface area contributed by atoms with Crippen LogP contribution in [0.15, 0.2) is 0 Å². The largest absolute Gasteiger partial charge is 0.397 e. The zero-order valence-corrected chi connectivity index (χ0v) is 54.2. The molecule has 0 aromatic rings. The van der Waals surface area contributed by atoms with E-state index in [0.29, 0.717) is 0 Å². The smallest absolute Gasteiger partial charge is 0.394 e. The van der Waals surface area contributed by atoms with Crippen molar-refractivity contribution in [1.29, 1.82) is 0 Å². The van der Waals surface area contributed by atoms with Crippen molar-refractivity contribution in [3.05, 3.63) is 0 Å². The maximum Gasteiger partial charge on any atom is 0.397 e. The Hall–Kier alpha value is -1.66. The predicted molar refractivity (Wildman–Crippen MR) is 286 cm³/mol. The van der Waals surface area contributed by atoms with Gasteiger partial charge in [0.05, 0.1) is 58.0 Å². The number of hydrogen-bond acceptors (Lipinski definition) is 40. The third-order valence-corrected chi connectivity index (χ3v) is 17.9. The van der Waals surface area contributed by atoms with Gasteiger partial charge >= 0.3 is 62.4 Å². The second-order valence-corrected chi connectivity index (χ2v) is 27.8. The molecule has 14 N–H and O–H groups in total. The summed E-state index contributed by atoms with van der Waals surface area (Å²) < 4.78 is 290. The van der Waals surface area contributed by atoms with E-state index in [-0.39, 0.29) is 13.2 Å². The van der Waals surface area contributed by atoms with E-state index in [9.17, 15) is 91.4 Å². The summed E-state index contributed by atoms with van der Waals surface area (Å²) in [6.45, 7) is 1.10. The molecule has 52 heteroatoms. The van der Waals surface area contributed by atoms with Gasteiger partial charge in [0.1, 0.15) is 140 Å². The molecule has 0 saturated carbocycles. The average Bonchev–Trinajstić information content (AvgIpc) is 1.42.